The average molecular weight is 306 g/mol. The number of esters is 1. The molecule has 0 saturated heterocycles. The summed E-state index contributed by atoms with van der Waals surface area (Å²) in [6.45, 7) is -0.615. The van der Waals surface area contributed by atoms with Crippen LogP contribution in [0.4, 0.5) is 0 Å². The van der Waals surface area contributed by atoms with Crippen LogP contribution in [0.25, 0.3) is 6.08 Å². The van der Waals surface area contributed by atoms with E-state index in [9.17, 15) is 14.4 Å². The Kier molecular flexibility index (Phi) is 7.18. The van der Waals surface area contributed by atoms with Crippen LogP contribution in [0.15, 0.2) is 30.3 Å². The molecule has 0 fully saturated rings. The zero-order valence-electron chi connectivity index (χ0n) is 12.4. The molecule has 0 bridgehead atoms. The van der Waals surface area contributed by atoms with Gasteiger partial charge in [0.05, 0.1) is 13.7 Å². The summed E-state index contributed by atoms with van der Waals surface area (Å²) in [4.78, 5) is 33.8. The summed E-state index contributed by atoms with van der Waals surface area (Å²) in [5.74, 6) is -0.936. The van der Waals surface area contributed by atoms with Gasteiger partial charge >= 0.3 is 5.97 Å². The number of rotatable bonds is 7. The van der Waals surface area contributed by atoms with Crippen molar-refractivity contribution in [3.05, 3.63) is 35.9 Å². The van der Waals surface area contributed by atoms with Gasteiger partial charge in [-0.15, -0.1) is 0 Å². The van der Waals surface area contributed by atoms with Gasteiger partial charge in [0.2, 0.25) is 5.91 Å². The van der Waals surface area contributed by atoms with Crippen LogP contribution in [-0.4, -0.2) is 45.1 Å². The molecule has 0 aromatic heterocycles. The first-order valence-corrected chi connectivity index (χ1v) is 6.52. The molecular weight excluding hydrogens is 288 g/mol. The van der Waals surface area contributed by atoms with Gasteiger partial charge in [0.15, 0.2) is 6.61 Å². The monoisotopic (exact) mass is 306 g/mol. The van der Waals surface area contributed by atoms with Crippen LogP contribution < -0.4 is 15.4 Å². The van der Waals surface area contributed by atoms with E-state index in [1.807, 2.05) is 6.07 Å². The lowest BCUT2D eigenvalue weighted by Crippen LogP contribution is -2.37. The first-order valence-electron chi connectivity index (χ1n) is 6.52. The standard InChI is InChI=1S/C15H18N2O5/c1-16-13(18)9-17-14(19)10-22-15(20)8-7-11-5-3-4-6-12(11)21-2/h3-8H,9-10H2,1-2H3,(H,16,18)(H,17,19)/b8-7+. The Hall–Kier alpha value is -2.83. The zero-order valence-corrected chi connectivity index (χ0v) is 12.4. The number of methoxy groups -OCH3 is 1. The van der Waals surface area contributed by atoms with E-state index in [2.05, 4.69) is 10.6 Å². The molecule has 1 aromatic rings. The molecule has 0 radical (unpaired) electrons. The summed E-state index contributed by atoms with van der Waals surface area (Å²) in [5, 5.41) is 4.66. The number of carbonyl (C=O) groups is 3. The summed E-state index contributed by atoms with van der Waals surface area (Å²) in [6, 6.07) is 7.15. The quantitative estimate of drug-likeness (QED) is 0.551. The van der Waals surface area contributed by atoms with Gasteiger partial charge < -0.3 is 20.1 Å². The van der Waals surface area contributed by atoms with Gasteiger partial charge in [-0.2, -0.15) is 0 Å². The Labute approximate surface area is 128 Å². The molecule has 0 aliphatic rings. The second-order valence-electron chi connectivity index (χ2n) is 4.13. The molecule has 0 heterocycles. The molecule has 0 spiro atoms. The normalized spacial score (nSPS) is 10.1. The molecule has 118 valence electrons. The molecule has 2 N–H and O–H groups in total. The molecule has 22 heavy (non-hydrogen) atoms. The van der Waals surface area contributed by atoms with Crippen LogP contribution >= 0.6 is 0 Å². The summed E-state index contributed by atoms with van der Waals surface area (Å²) in [6.07, 6.45) is 2.73. The summed E-state index contributed by atoms with van der Waals surface area (Å²) in [7, 11) is 2.99. The fourth-order valence-electron chi connectivity index (χ4n) is 1.47. The number of hydrogen-bond acceptors (Lipinski definition) is 5. The van der Waals surface area contributed by atoms with E-state index in [1.165, 1.54) is 26.3 Å². The van der Waals surface area contributed by atoms with Crippen molar-refractivity contribution < 1.29 is 23.9 Å². The molecular formula is C15H18N2O5. The van der Waals surface area contributed by atoms with Crippen molar-refractivity contribution in [2.45, 2.75) is 0 Å². The Morgan fingerprint density at radius 2 is 1.91 bits per heavy atom. The molecule has 0 aliphatic carbocycles. The van der Waals surface area contributed by atoms with E-state index in [4.69, 9.17) is 9.47 Å². The van der Waals surface area contributed by atoms with Gasteiger partial charge in [-0.25, -0.2) is 4.79 Å². The molecule has 7 heteroatoms. The van der Waals surface area contributed by atoms with Gasteiger partial charge in [0, 0.05) is 18.7 Å². The maximum absolute atomic E-state index is 11.5. The smallest absolute Gasteiger partial charge is 0.331 e. The highest BCUT2D eigenvalue weighted by molar-refractivity contribution is 5.90. The summed E-state index contributed by atoms with van der Waals surface area (Å²) in [5.41, 5.74) is 0.714. The third-order valence-electron chi connectivity index (χ3n) is 2.61. The predicted octanol–water partition coefficient (Wildman–Crippen LogP) is 0.114. The van der Waals surface area contributed by atoms with Crippen LogP contribution in [0.2, 0.25) is 0 Å². The van der Waals surface area contributed by atoms with E-state index < -0.39 is 18.5 Å². The van der Waals surface area contributed by atoms with Gasteiger partial charge in [0.25, 0.3) is 5.91 Å². The van der Waals surface area contributed by atoms with Crippen LogP contribution in [0.3, 0.4) is 0 Å². The predicted molar refractivity (Wildman–Crippen MR) is 80.1 cm³/mol. The molecule has 1 aromatic carbocycles. The van der Waals surface area contributed by atoms with E-state index in [-0.39, 0.29) is 12.5 Å². The highest BCUT2D eigenvalue weighted by Crippen LogP contribution is 2.18. The molecule has 0 atom stereocenters. The first-order chi connectivity index (χ1) is 10.6. The Morgan fingerprint density at radius 1 is 1.18 bits per heavy atom. The molecule has 0 aliphatic heterocycles. The Balaban J connectivity index is 2.41. The third-order valence-corrected chi connectivity index (χ3v) is 2.61. The van der Waals surface area contributed by atoms with Crippen molar-refractivity contribution >= 4 is 23.9 Å². The second-order valence-corrected chi connectivity index (χ2v) is 4.13. The lowest BCUT2D eigenvalue weighted by Gasteiger charge is -2.05. The fourth-order valence-corrected chi connectivity index (χ4v) is 1.47. The Morgan fingerprint density at radius 3 is 2.59 bits per heavy atom. The largest absolute Gasteiger partial charge is 0.496 e. The SMILES string of the molecule is CNC(=O)CNC(=O)COC(=O)/C=C/c1ccccc1OC. The van der Waals surface area contributed by atoms with Crippen molar-refractivity contribution in [3.63, 3.8) is 0 Å². The molecule has 0 saturated carbocycles. The van der Waals surface area contributed by atoms with Crippen LogP contribution in [0.5, 0.6) is 5.75 Å². The van der Waals surface area contributed by atoms with E-state index in [0.717, 1.165) is 0 Å². The highest BCUT2D eigenvalue weighted by Gasteiger charge is 2.07. The highest BCUT2D eigenvalue weighted by atomic mass is 16.5. The lowest BCUT2D eigenvalue weighted by molar-refractivity contribution is -0.143. The van der Waals surface area contributed by atoms with Crippen molar-refractivity contribution in [2.24, 2.45) is 0 Å². The van der Waals surface area contributed by atoms with Crippen LogP contribution in [0, 0.1) is 0 Å². The van der Waals surface area contributed by atoms with E-state index >= 15 is 0 Å². The van der Waals surface area contributed by atoms with Crippen molar-refractivity contribution in [2.75, 3.05) is 27.3 Å². The first kappa shape index (κ1) is 17.2. The third kappa shape index (κ3) is 6.08. The summed E-state index contributed by atoms with van der Waals surface area (Å²) >= 11 is 0. The van der Waals surface area contributed by atoms with Crippen molar-refractivity contribution in [3.8, 4) is 5.75 Å². The minimum atomic E-state index is -0.666. The molecule has 0 unspecified atom stereocenters. The number of ether oxygens (including phenoxy) is 2. The van der Waals surface area contributed by atoms with E-state index in [0.29, 0.717) is 11.3 Å². The van der Waals surface area contributed by atoms with Gasteiger partial charge in [-0.05, 0) is 12.1 Å². The summed E-state index contributed by atoms with van der Waals surface area (Å²) < 4.78 is 9.89. The van der Waals surface area contributed by atoms with Crippen molar-refractivity contribution in [1.82, 2.24) is 10.6 Å². The van der Waals surface area contributed by atoms with Crippen molar-refractivity contribution in [1.29, 1.82) is 0 Å². The Bertz CT molecular complexity index is 569. The van der Waals surface area contributed by atoms with Gasteiger partial charge in [-0.1, -0.05) is 18.2 Å². The van der Waals surface area contributed by atoms with Gasteiger partial charge in [0.1, 0.15) is 5.75 Å². The second kappa shape index (κ2) is 9.17. The zero-order chi connectivity index (χ0) is 16.4. The molecule has 1 rings (SSSR count). The minimum Gasteiger partial charge on any atom is -0.496 e. The number of carbonyl (C=O) groups excluding carboxylic acids is 3. The minimum absolute atomic E-state index is 0.163. The lowest BCUT2D eigenvalue weighted by atomic mass is 10.2. The average Bonchev–Trinajstić information content (AvgIpc) is 2.55. The molecule has 2 amide bonds. The van der Waals surface area contributed by atoms with E-state index in [1.54, 1.807) is 18.2 Å². The van der Waals surface area contributed by atoms with Crippen LogP contribution in [0.1, 0.15) is 5.56 Å². The van der Waals surface area contributed by atoms with Gasteiger partial charge in [-0.3, -0.25) is 9.59 Å². The molecule has 7 nitrogen and oxygen atoms in total. The fraction of sp³-hybridized carbons (Fsp3) is 0.267. The number of hydrogen-bond donors (Lipinski definition) is 2. The van der Waals surface area contributed by atoms with Crippen LogP contribution in [-0.2, 0) is 19.1 Å². The number of amides is 2. The maximum atomic E-state index is 11.5. The maximum Gasteiger partial charge on any atom is 0.331 e. The topological polar surface area (TPSA) is 93.7 Å². The number of para-hydroxylation sites is 1. The number of likely N-dealkylation sites (N-methyl/N-ethyl adjacent to an activating group) is 1. The number of nitrogens with one attached hydrogen (secondary N) is 2. The number of benzene rings is 1.